The second-order valence-electron chi connectivity index (χ2n) is 3.99. The third kappa shape index (κ3) is 5.51. The Morgan fingerprint density at radius 2 is 2.22 bits per heavy atom. The number of hydrogen-bond donors (Lipinski definition) is 1. The number of benzene rings is 1. The van der Waals surface area contributed by atoms with Crippen LogP contribution >= 0.6 is 15.9 Å². The van der Waals surface area contributed by atoms with E-state index >= 15 is 0 Å². The fourth-order valence-corrected chi connectivity index (χ4v) is 1.78. The largest absolute Gasteiger partial charge is 0.484 e. The topological polar surface area (TPSA) is 49.8 Å². The molecule has 5 heteroatoms. The van der Waals surface area contributed by atoms with Gasteiger partial charge in [0.2, 0.25) is 0 Å². The molecular formula is C13H18BrNO3. The van der Waals surface area contributed by atoms with Gasteiger partial charge in [0.25, 0.3) is 5.91 Å². The second-order valence-corrected chi connectivity index (χ2v) is 4.91. The molecule has 100 valence electrons. The van der Waals surface area contributed by atoms with Crippen LogP contribution in [0.2, 0.25) is 0 Å². The van der Waals surface area contributed by atoms with E-state index in [9.17, 15) is 4.79 Å². The summed E-state index contributed by atoms with van der Waals surface area (Å²) in [5, 5.41) is 8.66. The molecule has 1 N–H and O–H groups in total. The molecule has 1 aromatic rings. The number of halogens is 1. The molecule has 0 saturated carbocycles. The van der Waals surface area contributed by atoms with Gasteiger partial charge in [0.15, 0.2) is 6.61 Å². The van der Waals surface area contributed by atoms with E-state index in [4.69, 9.17) is 9.84 Å². The Hall–Kier alpha value is -1.07. The maximum atomic E-state index is 11.7. The van der Waals surface area contributed by atoms with Crippen LogP contribution in [0.25, 0.3) is 0 Å². The maximum Gasteiger partial charge on any atom is 0.260 e. The zero-order valence-electron chi connectivity index (χ0n) is 10.4. The van der Waals surface area contributed by atoms with Crippen LogP contribution in [0.15, 0.2) is 28.7 Å². The Morgan fingerprint density at radius 1 is 1.44 bits per heavy atom. The van der Waals surface area contributed by atoms with Crippen LogP contribution in [-0.4, -0.2) is 42.7 Å². The zero-order chi connectivity index (χ0) is 13.4. The Bertz CT molecular complexity index is 384. The first-order valence-electron chi connectivity index (χ1n) is 5.86. The summed E-state index contributed by atoms with van der Waals surface area (Å²) in [4.78, 5) is 13.3. The highest BCUT2D eigenvalue weighted by atomic mass is 79.9. The standard InChI is InChI=1S/C13H18BrNO3/c1-15(7-2-3-8-16)13(17)10-18-12-6-4-5-11(14)9-12/h4-6,9,16H,2-3,7-8,10H2,1H3. The quantitative estimate of drug-likeness (QED) is 0.784. The van der Waals surface area contributed by atoms with Crippen molar-refractivity contribution in [3.8, 4) is 5.75 Å². The van der Waals surface area contributed by atoms with Crippen LogP contribution in [0.3, 0.4) is 0 Å². The molecular weight excluding hydrogens is 298 g/mol. The summed E-state index contributed by atoms with van der Waals surface area (Å²) < 4.78 is 6.33. The number of aliphatic hydroxyl groups is 1. The summed E-state index contributed by atoms with van der Waals surface area (Å²) in [5.74, 6) is 0.606. The van der Waals surface area contributed by atoms with Crippen molar-refractivity contribution in [2.45, 2.75) is 12.8 Å². The highest BCUT2D eigenvalue weighted by molar-refractivity contribution is 9.10. The summed E-state index contributed by atoms with van der Waals surface area (Å²) in [6.07, 6.45) is 1.51. The summed E-state index contributed by atoms with van der Waals surface area (Å²) in [7, 11) is 1.74. The molecule has 4 nitrogen and oxygen atoms in total. The van der Waals surface area contributed by atoms with Gasteiger partial charge in [-0.2, -0.15) is 0 Å². The number of unbranched alkanes of at least 4 members (excludes halogenated alkanes) is 1. The van der Waals surface area contributed by atoms with Crippen molar-refractivity contribution in [3.05, 3.63) is 28.7 Å². The molecule has 0 saturated heterocycles. The van der Waals surface area contributed by atoms with E-state index in [-0.39, 0.29) is 19.1 Å². The molecule has 1 rings (SSSR count). The van der Waals surface area contributed by atoms with Crippen LogP contribution in [0.1, 0.15) is 12.8 Å². The van der Waals surface area contributed by atoms with Gasteiger partial charge in [0.1, 0.15) is 5.75 Å². The van der Waals surface area contributed by atoms with Gasteiger partial charge in [0.05, 0.1) is 0 Å². The highest BCUT2D eigenvalue weighted by Crippen LogP contribution is 2.17. The van der Waals surface area contributed by atoms with Gasteiger partial charge in [-0.15, -0.1) is 0 Å². The Kier molecular flexibility index (Phi) is 6.75. The van der Waals surface area contributed by atoms with Crippen molar-refractivity contribution in [2.24, 2.45) is 0 Å². The number of ether oxygens (including phenoxy) is 1. The van der Waals surface area contributed by atoms with Crippen LogP contribution in [0, 0.1) is 0 Å². The smallest absolute Gasteiger partial charge is 0.260 e. The number of hydrogen-bond acceptors (Lipinski definition) is 3. The highest BCUT2D eigenvalue weighted by Gasteiger charge is 2.09. The minimum absolute atomic E-state index is 0.0338. The van der Waals surface area contributed by atoms with E-state index in [0.717, 1.165) is 10.9 Å². The molecule has 1 amide bonds. The van der Waals surface area contributed by atoms with E-state index in [1.807, 2.05) is 24.3 Å². The minimum Gasteiger partial charge on any atom is -0.484 e. The first-order valence-corrected chi connectivity index (χ1v) is 6.66. The van der Waals surface area contributed by atoms with Crippen LogP contribution in [0.4, 0.5) is 0 Å². The predicted molar refractivity (Wildman–Crippen MR) is 73.6 cm³/mol. The first kappa shape index (κ1) is 15.0. The number of carbonyl (C=O) groups excluding carboxylic acids is 1. The van der Waals surface area contributed by atoms with Gasteiger partial charge in [0, 0.05) is 24.7 Å². The molecule has 0 spiro atoms. The predicted octanol–water partition coefficient (Wildman–Crippen LogP) is 2.06. The third-order valence-electron chi connectivity index (χ3n) is 2.49. The normalized spacial score (nSPS) is 10.2. The molecule has 0 fully saturated rings. The molecule has 1 aromatic carbocycles. The van der Waals surface area contributed by atoms with Crippen molar-refractivity contribution in [1.29, 1.82) is 0 Å². The number of likely N-dealkylation sites (N-methyl/N-ethyl adjacent to an activating group) is 1. The molecule has 0 atom stereocenters. The minimum atomic E-state index is -0.0621. The van der Waals surface area contributed by atoms with Crippen molar-refractivity contribution < 1.29 is 14.6 Å². The Morgan fingerprint density at radius 3 is 2.89 bits per heavy atom. The van der Waals surface area contributed by atoms with Gasteiger partial charge in [-0.25, -0.2) is 0 Å². The van der Waals surface area contributed by atoms with E-state index in [1.54, 1.807) is 11.9 Å². The summed E-state index contributed by atoms with van der Waals surface area (Å²) in [5.41, 5.74) is 0. The lowest BCUT2D eigenvalue weighted by molar-refractivity contribution is -0.132. The molecule has 0 aliphatic rings. The number of amides is 1. The lowest BCUT2D eigenvalue weighted by atomic mass is 10.3. The Balaban J connectivity index is 2.32. The zero-order valence-corrected chi connectivity index (χ0v) is 12.0. The van der Waals surface area contributed by atoms with Crippen molar-refractivity contribution in [1.82, 2.24) is 4.90 Å². The van der Waals surface area contributed by atoms with E-state index in [2.05, 4.69) is 15.9 Å². The number of aliphatic hydroxyl groups excluding tert-OH is 1. The molecule has 0 radical (unpaired) electrons. The van der Waals surface area contributed by atoms with Gasteiger partial charge in [-0.1, -0.05) is 22.0 Å². The van der Waals surface area contributed by atoms with Gasteiger partial charge >= 0.3 is 0 Å². The molecule has 0 heterocycles. The van der Waals surface area contributed by atoms with Gasteiger partial charge in [-0.05, 0) is 31.0 Å². The van der Waals surface area contributed by atoms with Crippen molar-refractivity contribution in [2.75, 3.05) is 26.8 Å². The molecule has 18 heavy (non-hydrogen) atoms. The molecule has 0 bridgehead atoms. The van der Waals surface area contributed by atoms with Gasteiger partial charge in [-0.3, -0.25) is 4.79 Å². The van der Waals surface area contributed by atoms with E-state index in [0.29, 0.717) is 18.7 Å². The monoisotopic (exact) mass is 315 g/mol. The number of rotatable bonds is 7. The molecule has 0 aromatic heterocycles. The Labute approximate surface area is 116 Å². The SMILES string of the molecule is CN(CCCCO)C(=O)COc1cccc(Br)c1. The average molecular weight is 316 g/mol. The van der Waals surface area contributed by atoms with Crippen LogP contribution in [0.5, 0.6) is 5.75 Å². The summed E-state index contributed by atoms with van der Waals surface area (Å²) >= 11 is 3.34. The van der Waals surface area contributed by atoms with Gasteiger partial charge < -0.3 is 14.7 Å². The van der Waals surface area contributed by atoms with Crippen molar-refractivity contribution in [3.63, 3.8) is 0 Å². The summed E-state index contributed by atoms with van der Waals surface area (Å²) in [6, 6.07) is 7.38. The summed E-state index contributed by atoms with van der Waals surface area (Å²) in [6.45, 7) is 0.837. The van der Waals surface area contributed by atoms with Crippen molar-refractivity contribution >= 4 is 21.8 Å². The maximum absolute atomic E-state index is 11.7. The molecule has 0 aliphatic carbocycles. The molecule has 0 unspecified atom stereocenters. The fourth-order valence-electron chi connectivity index (χ4n) is 1.40. The second kappa shape index (κ2) is 8.11. The first-order chi connectivity index (χ1) is 8.63. The number of nitrogens with zero attached hydrogens (tertiary/aromatic N) is 1. The third-order valence-corrected chi connectivity index (χ3v) is 2.98. The van der Waals surface area contributed by atoms with E-state index < -0.39 is 0 Å². The number of carbonyl (C=O) groups is 1. The fraction of sp³-hybridized carbons (Fsp3) is 0.462. The van der Waals surface area contributed by atoms with Crippen LogP contribution < -0.4 is 4.74 Å². The lowest BCUT2D eigenvalue weighted by Crippen LogP contribution is -2.32. The molecule has 0 aliphatic heterocycles. The lowest BCUT2D eigenvalue weighted by Gasteiger charge is -2.17. The van der Waals surface area contributed by atoms with E-state index in [1.165, 1.54) is 0 Å². The van der Waals surface area contributed by atoms with Crippen LogP contribution in [-0.2, 0) is 4.79 Å². The average Bonchev–Trinajstić information content (AvgIpc) is 2.36.